The summed E-state index contributed by atoms with van der Waals surface area (Å²) in [7, 11) is 0. The smallest absolute Gasteiger partial charge is 0.339 e. The summed E-state index contributed by atoms with van der Waals surface area (Å²) in [6.45, 7) is 0. The Kier molecular flexibility index (Phi) is 3.85. The minimum Gasteiger partial charge on any atom is -0.478 e. The van der Waals surface area contributed by atoms with Crippen molar-refractivity contribution >= 4 is 18.0 Å². The molecule has 6 nitrogen and oxygen atoms in total. The van der Waals surface area contributed by atoms with E-state index in [0.717, 1.165) is 6.08 Å². The highest BCUT2D eigenvalue weighted by atomic mass is 16.6. The Morgan fingerprint density at radius 2 is 1.85 bits per heavy atom. The Balaban J connectivity index is 2.19. The van der Waals surface area contributed by atoms with Crippen LogP contribution in [0.15, 0.2) is 46.9 Å². The Hall–Kier alpha value is -3.02. The molecule has 2 N–H and O–H groups in total. The molecule has 0 saturated carbocycles. The molecule has 1 aromatic heterocycles. The number of carbonyl (C=O) groups is 2. The zero-order valence-corrected chi connectivity index (χ0v) is 10.1. The lowest BCUT2D eigenvalue weighted by molar-refractivity contribution is -0.131. The first kappa shape index (κ1) is 13.4. The molecule has 0 unspecified atom stereocenters. The number of carboxylic acid groups (broad SMARTS) is 2. The van der Waals surface area contributed by atoms with Crippen molar-refractivity contribution < 1.29 is 29.0 Å². The van der Waals surface area contributed by atoms with Crippen LogP contribution in [0, 0.1) is 0 Å². The summed E-state index contributed by atoms with van der Waals surface area (Å²) < 4.78 is 10.5. The van der Waals surface area contributed by atoms with Crippen molar-refractivity contribution in [2.24, 2.45) is 0 Å². The van der Waals surface area contributed by atoms with Gasteiger partial charge in [0.1, 0.15) is 17.1 Å². The summed E-state index contributed by atoms with van der Waals surface area (Å²) in [5.74, 6) is -1.71. The summed E-state index contributed by atoms with van der Waals surface area (Å²) in [5, 5.41) is 17.5. The van der Waals surface area contributed by atoms with Crippen molar-refractivity contribution in [1.82, 2.24) is 0 Å². The van der Waals surface area contributed by atoms with E-state index in [-0.39, 0.29) is 23.0 Å². The van der Waals surface area contributed by atoms with Crippen molar-refractivity contribution in [2.45, 2.75) is 0 Å². The number of benzene rings is 1. The van der Waals surface area contributed by atoms with Gasteiger partial charge in [-0.1, -0.05) is 12.1 Å². The number of carboxylic acids is 2. The van der Waals surface area contributed by atoms with E-state index in [1.54, 1.807) is 12.1 Å². The number of rotatable bonds is 5. The quantitative estimate of drug-likeness (QED) is 0.813. The van der Waals surface area contributed by atoms with Gasteiger partial charge >= 0.3 is 11.9 Å². The van der Waals surface area contributed by atoms with E-state index in [0.29, 0.717) is 0 Å². The normalized spacial score (nSPS) is 10.6. The van der Waals surface area contributed by atoms with Crippen molar-refractivity contribution in [1.29, 1.82) is 0 Å². The molecule has 0 saturated heterocycles. The van der Waals surface area contributed by atoms with Crippen LogP contribution in [0.5, 0.6) is 11.7 Å². The van der Waals surface area contributed by atoms with Gasteiger partial charge in [-0.05, 0) is 24.3 Å². The number of para-hydroxylation sites is 1. The van der Waals surface area contributed by atoms with Gasteiger partial charge in [-0.2, -0.15) is 0 Å². The second-order valence-electron chi connectivity index (χ2n) is 3.73. The second-order valence-corrected chi connectivity index (χ2v) is 3.73. The maximum atomic E-state index is 11.0. The van der Waals surface area contributed by atoms with Crippen molar-refractivity contribution in [2.75, 3.05) is 0 Å². The van der Waals surface area contributed by atoms with Crippen LogP contribution in [0.4, 0.5) is 0 Å². The molecule has 6 heteroatoms. The summed E-state index contributed by atoms with van der Waals surface area (Å²) in [6.07, 6.45) is 2.19. The molecular weight excluding hydrogens is 264 g/mol. The number of aromatic carboxylic acids is 1. The standard InChI is InChI=1S/C14H10O6/c15-12(16)7-5-9-6-8-13(19-9)20-11-4-2-1-3-10(11)14(17)18/h1-8H,(H,15,16)(H,17,18)/b7-5-. The first-order valence-corrected chi connectivity index (χ1v) is 5.57. The SMILES string of the molecule is O=C(O)/C=C\c1ccc(Oc2ccccc2C(=O)O)o1. The Bertz CT molecular complexity index is 668. The van der Waals surface area contributed by atoms with Crippen LogP contribution in [0.25, 0.3) is 6.08 Å². The third-order valence-electron chi connectivity index (χ3n) is 2.32. The molecule has 0 aliphatic rings. The van der Waals surface area contributed by atoms with E-state index < -0.39 is 11.9 Å². The van der Waals surface area contributed by atoms with Crippen molar-refractivity contribution in [3.63, 3.8) is 0 Å². The van der Waals surface area contributed by atoms with E-state index >= 15 is 0 Å². The highest BCUT2D eigenvalue weighted by Gasteiger charge is 2.12. The van der Waals surface area contributed by atoms with Crippen LogP contribution < -0.4 is 4.74 Å². The fourth-order valence-corrected chi connectivity index (χ4v) is 1.47. The Morgan fingerprint density at radius 1 is 1.10 bits per heavy atom. The van der Waals surface area contributed by atoms with Gasteiger partial charge in [0.15, 0.2) is 0 Å². The molecule has 0 bridgehead atoms. The number of hydrogen-bond donors (Lipinski definition) is 2. The lowest BCUT2D eigenvalue weighted by atomic mass is 10.2. The van der Waals surface area contributed by atoms with Crippen molar-refractivity contribution in [3.8, 4) is 11.7 Å². The average molecular weight is 274 g/mol. The maximum Gasteiger partial charge on any atom is 0.339 e. The first-order valence-electron chi connectivity index (χ1n) is 5.57. The van der Waals surface area contributed by atoms with E-state index in [1.807, 2.05) is 0 Å². The van der Waals surface area contributed by atoms with Crippen LogP contribution in [0.3, 0.4) is 0 Å². The Morgan fingerprint density at radius 3 is 2.55 bits per heavy atom. The third kappa shape index (κ3) is 3.26. The van der Waals surface area contributed by atoms with Gasteiger partial charge in [-0.25, -0.2) is 9.59 Å². The monoisotopic (exact) mass is 274 g/mol. The zero-order chi connectivity index (χ0) is 14.5. The molecular formula is C14H10O6. The highest BCUT2D eigenvalue weighted by molar-refractivity contribution is 5.90. The van der Waals surface area contributed by atoms with E-state index in [4.69, 9.17) is 19.4 Å². The highest BCUT2D eigenvalue weighted by Crippen LogP contribution is 2.27. The molecule has 20 heavy (non-hydrogen) atoms. The largest absolute Gasteiger partial charge is 0.478 e. The number of ether oxygens (including phenoxy) is 1. The summed E-state index contributed by atoms with van der Waals surface area (Å²) in [6, 6.07) is 9.11. The predicted molar refractivity (Wildman–Crippen MR) is 68.9 cm³/mol. The van der Waals surface area contributed by atoms with Gasteiger partial charge in [0.25, 0.3) is 5.95 Å². The maximum absolute atomic E-state index is 11.0. The average Bonchev–Trinajstić information content (AvgIpc) is 2.84. The van der Waals surface area contributed by atoms with Crippen molar-refractivity contribution in [3.05, 3.63) is 53.8 Å². The summed E-state index contributed by atoms with van der Waals surface area (Å²) in [4.78, 5) is 21.4. The minimum absolute atomic E-state index is 0.00604. The van der Waals surface area contributed by atoms with Crippen LogP contribution in [0.2, 0.25) is 0 Å². The molecule has 0 spiro atoms. The number of aliphatic carboxylic acids is 1. The molecule has 0 radical (unpaired) electrons. The second kappa shape index (κ2) is 5.75. The first-order chi connectivity index (χ1) is 9.56. The molecule has 2 rings (SSSR count). The molecule has 0 aliphatic carbocycles. The molecule has 0 fully saturated rings. The van der Waals surface area contributed by atoms with Crippen LogP contribution in [0.1, 0.15) is 16.1 Å². The molecule has 0 atom stereocenters. The molecule has 0 amide bonds. The van der Waals surface area contributed by atoms with Gasteiger partial charge in [-0.15, -0.1) is 0 Å². The van der Waals surface area contributed by atoms with Crippen LogP contribution in [-0.4, -0.2) is 22.2 Å². The molecule has 1 heterocycles. The Labute approximate surface area is 113 Å². The van der Waals surface area contributed by atoms with Gasteiger partial charge in [0.05, 0.1) is 0 Å². The van der Waals surface area contributed by atoms with E-state index in [1.165, 1.54) is 30.3 Å². The molecule has 0 aliphatic heterocycles. The van der Waals surface area contributed by atoms with Crippen LogP contribution in [-0.2, 0) is 4.79 Å². The summed E-state index contributed by atoms with van der Waals surface area (Å²) in [5.41, 5.74) is 0.00604. The predicted octanol–water partition coefficient (Wildman–Crippen LogP) is 2.87. The topological polar surface area (TPSA) is 97.0 Å². The minimum atomic E-state index is -1.11. The van der Waals surface area contributed by atoms with E-state index in [2.05, 4.69) is 0 Å². The van der Waals surface area contributed by atoms with Crippen LogP contribution >= 0.6 is 0 Å². The summed E-state index contributed by atoms with van der Waals surface area (Å²) >= 11 is 0. The van der Waals surface area contributed by atoms with Gasteiger partial charge < -0.3 is 19.4 Å². The molecule has 102 valence electrons. The van der Waals surface area contributed by atoms with Gasteiger partial charge in [0.2, 0.25) is 0 Å². The lowest BCUT2D eigenvalue weighted by Crippen LogP contribution is -1.99. The fourth-order valence-electron chi connectivity index (χ4n) is 1.47. The fraction of sp³-hybridized carbons (Fsp3) is 0. The third-order valence-corrected chi connectivity index (χ3v) is 2.32. The molecule has 1 aromatic carbocycles. The van der Waals surface area contributed by atoms with Gasteiger partial charge in [-0.3, -0.25) is 0 Å². The lowest BCUT2D eigenvalue weighted by Gasteiger charge is -2.04. The molecule has 2 aromatic rings. The van der Waals surface area contributed by atoms with E-state index in [9.17, 15) is 9.59 Å². The zero-order valence-electron chi connectivity index (χ0n) is 10.1. The van der Waals surface area contributed by atoms with Gasteiger partial charge in [0, 0.05) is 12.1 Å². The number of furan rings is 1. The number of hydrogen-bond acceptors (Lipinski definition) is 4.